The van der Waals surface area contributed by atoms with Crippen molar-refractivity contribution >= 4 is 29.9 Å². The Morgan fingerprint density at radius 1 is 1.42 bits per heavy atom. The quantitative estimate of drug-likeness (QED) is 0.407. The standard InChI is InChI=1S/C17H24FN5.HI/c1-12(2)6-7-21-17(19)22-11-14-4-5-16(15(18)10-14)23-9-8-20-13(23)3;/h4-5,8-10,12H,6-7,11H2,1-3H3,(H3,19,21,22);1H. The summed E-state index contributed by atoms with van der Waals surface area (Å²) in [5, 5.41) is 3.06. The molecule has 2 aromatic rings. The fourth-order valence-corrected chi connectivity index (χ4v) is 2.20. The SMILES string of the molecule is Cc1nccn1-c1ccc(CN=C(N)NCCC(C)C)cc1F.I. The van der Waals surface area contributed by atoms with E-state index in [0.29, 0.717) is 24.1 Å². The van der Waals surface area contributed by atoms with Gasteiger partial charge in [-0.2, -0.15) is 0 Å². The Morgan fingerprint density at radius 2 is 2.17 bits per heavy atom. The van der Waals surface area contributed by atoms with Gasteiger partial charge in [0.15, 0.2) is 5.96 Å². The molecule has 0 spiro atoms. The van der Waals surface area contributed by atoms with Gasteiger partial charge in [-0.15, -0.1) is 24.0 Å². The lowest BCUT2D eigenvalue weighted by Gasteiger charge is -2.09. The van der Waals surface area contributed by atoms with Crippen LogP contribution in [-0.2, 0) is 6.54 Å². The van der Waals surface area contributed by atoms with Crippen LogP contribution in [-0.4, -0.2) is 22.1 Å². The Labute approximate surface area is 159 Å². The molecule has 1 aromatic heterocycles. The summed E-state index contributed by atoms with van der Waals surface area (Å²) in [4.78, 5) is 8.35. The highest BCUT2D eigenvalue weighted by Gasteiger charge is 2.07. The zero-order chi connectivity index (χ0) is 16.8. The summed E-state index contributed by atoms with van der Waals surface area (Å²) in [5.41, 5.74) is 7.06. The molecule has 0 aliphatic heterocycles. The smallest absolute Gasteiger partial charge is 0.188 e. The van der Waals surface area contributed by atoms with Gasteiger partial charge in [0.2, 0.25) is 0 Å². The topological polar surface area (TPSA) is 68.2 Å². The summed E-state index contributed by atoms with van der Waals surface area (Å²) in [6.07, 6.45) is 4.42. The van der Waals surface area contributed by atoms with Gasteiger partial charge in [-0.3, -0.25) is 0 Å². The van der Waals surface area contributed by atoms with Crippen LogP contribution < -0.4 is 11.1 Å². The number of hydrogen-bond acceptors (Lipinski definition) is 2. The molecule has 1 aromatic carbocycles. The second-order valence-corrected chi connectivity index (χ2v) is 5.94. The fraction of sp³-hybridized carbons (Fsp3) is 0.412. The first kappa shape index (κ1) is 20.4. The Morgan fingerprint density at radius 3 is 2.75 bits per heavy atom. The second-order valence-electron chi connectivity index (χ2n) is 5.94. The first-order valence-corrected chi connectivity index (χ1v) is 7.80. The molecule has 5 nitrogen and oxygen atoms in total. The number of imidazole rings is 1. The van der Waals surface area contributed by atoms with Crippen molar-refractivity contribution in [1.82, 2.24) is 14.9 Å². The molecule has 7 heteroatoms. The first-order valence-electron chi connectivity index (χ1n) is 7.80. The van der Waals surface area contributed by atoms with Crippen molar-refractivity contribution in [3.63, 3.8) is 0 Å². The molecule has 0 bridgehead atoms. The average molecular weight is 445 g/mol. The van der Waals surface area contributed by atoms with E-state index in [1.54, 1.807) is 23.0 Å². The summed E-state index contributed by atoms with van der Waals surface area (Å²) in [6.45, 7) is 7.28. The van der Waals surface area contributed by atoms with Gasteiger partial charge in [0.1, 0.15) is 11.6 Å². The number of guanidine groups is 1. The Bertz CT molecular complexity index is 681. The molecule has 132 valence electrons. The molecule has 0 aliphatic carbocycles. The number of aliphatic imine (C=N–C) groups is 1. The number of hydrogen-bond donors (Lipinski definition) is 2. The van der Waals surface area contributed by atoms with E-state index in [9.17, 15) is 4.39 Å². The zero-order valence-corrected chi connectivity index (χ0v) is 16.6. The lowest BCUT2D eigenvalue weighted by atomic mass is 10.1. The van der Waals surface area contributed by atoms with Gasteiger partial charge in [0.05, 0.1) is 12.2 Å². The number of rotatable bonds is 6. The van der Waals surface area contributed by atoms with Crippen LogP contribution in [0.3, 0.4) is 0 Å². The van der Waals surface area contributed by atoms with Crippen LogP contribution in [0.1, 0.15) is 31.7 Å². The van der Waals surface area contributed by atoms with E-state index < -0.39 is 0 Å². The number of nitrogens with one attached hydrogen (secondary N) is 1. The molecule has 2 rings (SSSR count). The molecule has 3 N–H and O–H groups in total. The predicted octanol–water partition coefficient (Wildman–Crippen LogP) is 3.39. The van der Waals surface area contributed by atoms with Crippen LogP contribution >= 0.6 is 24.0 Å². The maximum atomic E-state index is 14.3. The predicted molar refractivity (Wildman–Crippen MR) is 106 cm³/mol. The van der Waals surface area contributed by atoms with Crippen molar-refractivity contribution in [2.45, 2.75) is 33.7 Å². The van der Waals surface area contributed by atoms with Crippen LogP contribution in [0.25, 0.3) is 5.69 Å². The van der Waals surface area contributed by atoms with Gasteiger partial charge in [-0.1, -0.05) is 19.9 Å². The van der Waals surface area contributed by atoms with E-state index in [2.05, 4.69) is 29.1 Å². The van der Waals surface area contributed by atoms with Gasteiger partial charge < -0.3 is 15.6 Å². The van der Waals surface area contributed by atoms with Crippen molar-refractivity contribution in [2.24, 2.45) is 16.6 Å². The largest absolute Gasteiger partial charge is 0.370 e. The summed E-state index contributed by atoms with van der Waals surface area (Å²) in [6, 6.07) is 5.07. The minimum absolute atomic E-state index is 0. The van der Waals surface area contributed by atoms with Gasteiger partial charge in [0.25, 0.3) is 0 Å². The van der Waals surface area contributed by atoms with Crippen LogP contribution in [0.5, 0.6) is 0 Å². The van der Waals surface area contributed by atoms with Crippen molar-refractivity contribution < 1.29 is 4.39 Å². The summed E-state index contributed by atoms with van der Waals surface area (Å²) < 4.78 is 16.0. The summed E-state index contributed by atoms with van der Waals surface area (Å²) in [5.74, 6) is 1.45. The Hall–Kier alpha value is -1.64. The van der Waals surface area contributed by atoms with E-state index in [1.165, 1.54) is 6.07 Å². The molecule has 0 radical (unpaired) electrons. The van der Waals surface area contributed by atoms with Crippen LogP contribution in [0.2, 0.25) is 0 Å². The molecule has 0 saturated heterocycles. The number of halogens is 2. The van der Waals surface area contributed by atoms with Gasteiger partial charge in [-0.25, -0.2) is 14.4 Å². The van der Waals surface area contributed by atoms with Crippen LogP contribution in [0.4, 0.5) is 4.39 Å². The van der Waals surface area contributed by atoms with E-state index in [4.69, 9.17) is 5.73 Å². The van der Waals surface area contributed by atoms with Crippen molar-refractivity contribution in [3.05, 3.63) is 47.8 Å². The number of aromatic nitrogens is 2. The third-order valence-corrected chi connectivity index (χ3v) is 3.56. The molecule has 0 fully saturated rings. The van der Waals surface area contributed by atoms with Crippen molar-refractivity contribution in [3.8, 4) is 5.69 Å². The van der Waals surface area contributed by atoms with E-state index in [0.717, 1.165) is 24.4 Å². The fourth-order valence-electron chi connectivity index (χ4n) is 2.20. The minimum atomic E-state index is -0.301. The van der Waals surface area contributed by atoms with Crippen LogP contribution in [0.15, 0.2) is 35.6 Å². The zero-order valence-electron chi connectivity index (χ0n) is 14.3. The molecule has 0 saturated carbocycles. The highest BCUT2D eigenvalue weighted by molar-refractivity contribution is 14.0. The van der Waals surface area contributed by atoms with Crippen LogP contribution in [0, 0.1) is 18.7 Å². The van der Waals surface area contributed by atoms with E-state index in [-0.39, 0.29) is 29.8 Å². The first-order chi connectivity index (χ1) is 11.0. The monoisotopic (exact) mass is 445 g/mol. The molecular formula is C17H25FIN5. The summed E-state index contributed by atoms with van der Waals surface area (Å²) in [7, 11) is 0. The number of benzene rings is 1. The van der Waals surface area contributed by atoms with Gasteiger partial charge >= 0.3 is 0 Å². The number of nitrogens with zero attached hydrogens (tertiary/aromatic N) is 3. The molecule has 0 atom stereocenters. The third-order valence-electron chi connectivity index (χ3n) is 3.56. The number of nitrogens with two attached hydrogens (primary N) is 1. The van der Waals surface area contributed by atoms with Crippen molar-refractivity contribution in [1.29, 1.82) is 0 Å². The lowest BCUT2D eigenvalue weighted by molar-refractivity contribution is 0.576. The van der Waals surface area contributed by atoms with E-state index >= 15 is 0 Å². The molecular weight excluding hydrogens is 420 g/mol. The Kier molecular flexibility index (Phi) is 8.17. The third kappa shape index (κ3) is 5.77. The van der Waals surface area contributed by atoms with Gasteiger partial charge in [0, 0.05) is 18.9 Å². The maximum absolute atomic E-state index is 14.3. The number of aryl methyl sites for hydroxylation is 1. The Balaban J connectivity index is 0.00000288. The second kappa shape index (κ2) is 9.61. The molecule has 24 heavy (non-hydrogen) atoms. The molecule has 1 heterocycles. The molecule has 0 aliphatic rings. The summed E-state index contributed by atoms with van der Waals surface area (Å²) >= 11 is 0. The molecule has 0 unspecified atom stereocenters. The van der Waals surface area contributed by atoms with Crippen molar-refractivity contribution in [2.75, 3.05) is 6.54 Å². The maximum Gasteiger partial charge on any atom is 0.188 e. The minimum Gasteiger partial charge on any atom is -0.370 e. The normalized spacial score (nSPS) is 11.5. The lowest BCUT2D eigenvalue weighted by Crippen LogP contribution is -2.32. The van der Waals surface area contributed by atoms with Gasteiger partial charge in [-0.05, 0) is 37.0 Å². The van der Waals surface area contributed by atoms with E-state index in [1.807, 2.05) is 13.0 Å². The highest BCUT2D eigenvalue weighted by atomic mass is 127. The molecule has 0 amide bonds. The average Bonchev–Trinajstić information content (AvgIpc) is 2.91. The highest BCUT2D eigenvalue weighted by Crippen LogP contribution is 2.17.